The van der Waals surface area contributed by atoms with Crippen molar-refractivity contribution in [3.63, 3.8) is 0 Å². The standard InChI is InChI=1S/C24H28N4O3/c1-2-31-19-10-8-18(9-11-19)23-26-21-7-4-3-6-20(21)22(27-23)24(29)25-12-5-13-28-14-16-30-17-15-28/h3-4,6-11H,2,5,12-17H2,1H3,(H,25,29). The number of morpholine rings is 1. The van der Waals surface area contributed by atoms with Gasteiger partial charge in [-0.3, -0.25) is 9.69 Å². The van der Waals surface area contributed by atoms with E-state index in [4.69, 9.17) is 9.47 Å². The summed E-state index contributed by atoms with van der Waals surface area (Å²) in [4.78, 5) is 24.6. The zero-order valence-electron chi connectivity index (χ0n) is 17.8. The SMILES string of the molecule is CCOc1ccc(-c2nc(C(=O)NCCCN3CCOCC3)c3ccccc3n2)cc1. The number of carbonyl (C=O) groups excluding carboxylic acids is 1. The summed E-state index contributed by atoms with van der Waals surface area (Å²) in [6, 6.07) is 15.2. The number of nitrogens with zero attached hydrogens (tertiary/aromatic N) is 3. The zero-order valence-corrected chi connectivity index (χ0v) is 17.8. The Kier molecular flexibility index (Phi) is 7.07. The number of ether oxygens (including phenoxy) is 2. The normalized spacial score (nSPS) is 14.5. The Morgan fingerprint density at radius 2 is 1.87 bits per heavy atom. The van der Waals surface area contributed by atoms with Gasteiger partial charge in [-0.25, -0.2) is 9.97 Å². The molecule has 1 aliphatic heterocycles. The molecule has 1 aromatic heterocycles. The van der Waals surface area contributed by atoms with E-state index in [-0.39, 0.29) is 5.91 Å². The number of fused-ring (bicyclic) bond motifs is 1. The van der Waals surface area contributed by atoms with E-state index in [1.54, 1.807) is 0 Å². The number of carbonyl (C=O) groups is 1. The van der Waals surface area contributed by atoms with Gasteiger partial charge in [0, 0.05) is 30.6 Å². The number of nitrogens with one attached hydrogen (secondary N) is 1. The molecule has 1 aliphatic rings. The van der Waals surface area contributed by atoms with Crippen molar-refractivity contribution in [2.24, 2.45) is 0 Å². The van der Waals surface area contributed by atoms with Gasteiger partial charge in [0.1, 0.15) is 11.4 Å². The maximum atomic E-state index is 13.0. The number of benzene rings is 2. The van der Waals surface area contributed by atoms with Gasteiger partial charge in [-0.1, -0.05) is 18.2 Å². The Balaban J connectivity index is 1.49. The quantitative estimate of drug-likeness (QED) is 0.564. The Labute approximate surface area is 182 Å². The van der Waals surface area contributed by atoms with Crippen molar-refractivity contribution < 1.29 is 14.3 Å². The molecule has 0 saturated carbocycles. The van der Waals surface area contributed by atoms with Crippen LogP contribution in [0.2, 0.25) is 0 Å². The third-order valence-electron chi connectivity index (χ3n) is 5.28. The first-order valence-electron chi connectivity index (χ1n) is 10.8. The largest absolute Gasteiger partial charge is 0.494 e. The van der Waals surface area contributed by atoms with Crippen molar-refractivity contribution >= 4 is 16.8 Å². The molecule has 0 spiro atoms. The molecule has 3 aromatic rings. The Hall–Kier alpha value is -3.03. The minimum Gasteiger partial charge on any atom is -0.494 e. The van der Waals surface area contributed by atoms with Crippen molar-refractivity contribution in [3.05, 3.63) is 54.2 Å². The topological polar surface area (TPSA) is 76.6 Å². The molecule has 0 unspecified atom stereocenters. The maximum Gasteiger partial charge on any atom is 0.270 e. The lowest BCUT2D eigenvalue weighted by Crippen LogP contribution is -2.38. The molecule has 1 amide bonds. The molecule has 2 heterocycles. The van der Waals surface area contributed by atoms with Crippen molar-refractivity contribution in [2.75, 3.05) is 46.0 Å². The molecule has 1 fully saturated rings. The smallest absolute Gasteiger partial charge is 0.270 e. The molecule has 0 bridgehead atoms. The lowest BCUT2D eigenvalue weighted by molar-refractivity contribution is 0.0374. The van der Waals surface area contributed by atoms with Crippen LogP contribution in [0, 0.1) is 0 Å². The van der Waals surface area contributed by atoms with E-state index in [2.05, 4.69) is 20.2 Å². The second kappa shape index (κ2) is 10.3. The second-order valence-electron chi connectivity index (χ2n) is 7.43. The van der Waals surface area contributed by atoms with E-state index < -0.39 is 0 Å². The van der Waals surface area contributed by atoms with E-state index in [1.165, 1.54) is 0 Å². The molecule has 7 nitrogen and oxygen atoms in total. The van der Waals surface area contributed by atoms with Crippen molar-refractivity contribution in [1.29, 1.82) is 0 Å². The summed E-state index contributed by atoms with van der Waals surface area (Å²) in [7, 11) is 0. The summed E-state index contributed by atoms with van der Waals surface area (Å²) in [6.45, 7) is 7.60. The monoisotopic (exact) mass is 420 g/mol. The first-order chi connectivity index (χ1) is 15.2. The van der Waals surface area contributed by atoms with E-state index in [9.17, 15) is 4.79 Å². The number of hydrogen-bond donors (Lipinski definition) is 1. The molecule has 2 aromatic carbocycles. The van der Waals surface area contributed by atoms with Crippen LogP contribution >= 0.6 is 0 Å². The lowest BCUT2D eigenvalue weighted by Gasteiger charge is -2.26. The van der Waals surface area contributed by atoms with Gasteiger partial charge < -0.3 is 14.8 Å². The van der Waals surface area contributed by atoms with Crippen LogP contribution in [-0.2, 0) is 4.74 Å². The van der Waals surface area contributed by atoms with Gasteiger partial charge in [-0.2, -0.15) is 0 Å². The average molecular weight is 421 g/mol. The number of aromatic nitrogens is 2. The maximum absolute atomic E-state index is 13.0. The van der Waals surface area contributed by atoms with Crippen LogP contribution in [0.3, 0.4) is 0 Å². The van der Waals surface area contributed by atoms with Gasteiger partial charge in [0.05, 0.1) is 25.3 Å². The predicted molar refractivity (Wildman–Crippen MR) is 120 cm³/mol. The van der Waals surface area contributed by atoms with Crippen molar-refractivity contribution in [1.82, 2.24) is 20.2 Å². The van der Waals surface area contributed by atoms with Gasteiger partial charge in [0.25, 0.3) is 5.91 Å². The molecule has 1 N–H and O–H groups in total. The third kappa shape index (κ3) is 5.37. The summed E-state index contributed by atoms with van der Waals surface area (Å²) in [5, 5.41) is 3.78. The lowest BCUT2D eigenvalue weighted by atomic mass is 10.1. The molecule has 0 atom stereocenters. The van der Waals surface area contributed by atoms with Crippen LogP contribution in [0.25, 0.3) is 22.3 Å². The van der Waals surface area contributed by atoms with Crippen molar-refractivity contribution in [2.45, 2.75) is 13.3 Å². The highest BCUT2D eigenvalue weighted by atomic mass is 16.5. The molecule has 0 aliphatic carbocycles. The Morgan fingerprint density at radius 1 is 1.10 bits per heavy atom. The summed E-state index contributed by atoms with van der Waals surface area (Å²) in [5.41, 5.74) is 2.00. The molecule has 0 radical (unpaired) electrons. The first kappa shape index (κ1) is 21.2. The molecular formula is C24H28N4O3. The van der Waals surface area contributed by atoms with Gasteiger partial charge in [-0.05, 0) is 50.2 Å². The van der Waals surface area contributed by atoms with Crippen LogP contribution in [-0.4, -0.2) is 66.8 Å². The fourth-order valence-electron chi connectivity index (χ4n) is 3.66. The number of hydrogen-bond acceptors (Lipinski definition) is 6. The Morgan fingerprint density at radius 3 is 2.65 bits per heavy atom. The van der Waals surface area contributed by atoms with E-state index in [0.29, 0.717) is 24.7 Å². The minimum absolute atomic E-state index is 0.173. The molecule has 7 heteroatoms. The molecule has 4 rings (SSSR count). The highest BCUT2D eigenvalue weighted by molar-refractivity contribution is 6.04. The number of amides is 1. The number of para-hydroxylation sites is 1. The summed E-state index contributed by atoms with van der Waals surface area (Å²) >= 11 is 0. The molecule has 1 saturated heterocycles. The van der Waals surface area contributed by atoms with Gasteiger partial charge in [0.2, 0.25) is 0 Å². The van der Waals surface area contributed by atoms with Crippen LogP contribution < -0.4 is 10.1 Å². The fourth-order valence-corrected chi connectivity index (χ4v) is 3.66. The van der Waals surface area contributed by atoms with Gasteiger partial charge in [-0.15, -0.1) is 0 Å². The van der Waals surface area contributed by atoms with Gasteiger partial charge in [0.15, 0.2) is 5.82 Å². The highest BCUT2D eigenvalue weighted by Gasteiger charge is 2.16. The van der Waals surface area contributed by atoms with E-state index in [0.717, 1.165) is 61.5 Å². The molecule has 162 valence electrons. The average Bonchev–Trinajstić information content (AvgIpc) is 2.82. The van der Waals surface area contributed by atoms with Crippen LogP contribution in [0.5, 0.6) is 5.75 Å². The molecule has 31 heavy (non-hydrogen) atoms. The molecular weight excluding hydrogens is 392 g/mol. The van der Waals surface area contributed by atoms with Crippen LogP contribution in [0.4, 0.5) is 0 Å². The summed E-state index contributed by atoms with van der Waals surface area (Å²) in [6.07, 6.45) is 0.889. The fraction of sp³-hybridized carbons (Fsp3) is 0.375. The zero-order chi connectivity index (χ0) is 21.5. The summed E-state index contributed by atoms with van der Waals surface area (Å²) < 4.78 is 10.9. The van der Waals surface area contributed by atoms with Crippen LogP contribution in [0.15, 0.2) is 48.5 Å². The first-order valence-corrected chi connectivity index (χ1v) is 10.8. The third-order valence-corrected chi connectivity index (χ3v) is 5.28. The van der Waals surface area contributed by atoms with E-state index >= 15 is 0 Å². The van der Waals surface area contributed by atoms with Crippen molar-refractivity contribution in [3.8, 4) is 17.1 Å². The second-order valence-corrected chi connectivity index (χ2v) is 7.43. The highest BCUT2D eigenvalue weighted by Crippen LogP contribution is 2.23. The van der Waals surface area contributed by atoms with Crippen LogP contribution in [0.1, 0.15) is 23.8 Å². The Bertz CT molecular complexity index is 1020. The number of rotatable bonds is 8. The summed E-state index contributed by atoms with van der Waals surface area (Å²) in [5.74, 6) is 1.15. The van der Waals surface area contributed by atoms with E-state index in [1.807, 2.05) is 55.5 Å². The van der Waals surface area contributed by atoms with Gasteiger partial charge >= 0.3 is 0 Å². The predicted octanol–water partition coefficient (Wildman–Crippen LogP) is 3.15. The minimum atomic E-state index is -0.173.